The summed E-state index contributed by atoms with van der Waals surface area (Å²) in [5.74, 6) is -20.9. The van der Waals surface area contributed by atoms with Gasteiger partial charge in [-0.15, -0.1) is 23.2 Å². The topological polar surface area (TPSA) is 104 Å². The number of amides is 4. The number of rotatable bonds is 4. The minimum absolute atomic E-state index is 0.0573. The summed E-state index contributed by atoms with van der Waals surface area (Å²) >= 11 is 14.3. The van der Waals surface area contributed by atoms with Crippen molar-refractivity contribution in [2.75, 3.05) is 12.0 Å². The van der Waals surface area contributed by atoms with Gasteiger partial charge in [0.1, 0.15) is 5.69 Å². The Morgan fingerprint density at radius 2 is 1.48 bits per heavy atom. The number of aromatic hydroxyl groups is 1. The zero-order chi connectivity index (χ0) is 34.6. The first-order valence-electron chi connectivity index (χ1n) is 15.4. The summed E-state index contributed by atoms with van der Waals surface area (Å²) in [6.07, 6.45) is 5.00. The van der Waals surface area contributed by atoms with Crippen LogP contribution in [-0.4, -0.2) is 56.5 Å². The van der Waals surface area contributed by atoms with Gasteiger partial charge in [-0.1, -0.05) is 37.0 Å². The van der Waals surface area contributed by atoms with Crippen LogP contribution in [0.3, 0.4) is 0 Å². The number of hydrogen-bond donors (Lipinski definition) is 1. The number of nitrogens with zero attached hydrogens (tertiary/aromatic N) is 2. The molecule has 2 saturated heterocycles. The van der Waals surface area contributed by atoms with Crippen LogP contribution in [-0.2, 0) is 19.2 Å². The van der Waals surface area contributed by atoms with E-state index in [1.165, 1.54) is 30.2 Å². The average Bonchev–Trinajstić information content (AvgIpc) is 3.42. The van der Waals surface area contributed by atoms with Crippen LogP contribution in [0.1, 0.15) is 56.4 Å². The van der Waals surface area contributed by atoms with E-state index in [-0.39, 0.29) is 40.3 Å². The van der Waals surface area contributed by atoms with Gasteiger partial charge in [-0.2, -0.15) is 0 Å². The molecule has 0 unspecified atom stereocenters. The highest BCUT2D eigenvalue weighted by Crippen LogP contribution is 2.66. The maximum atomic E-state index is 15.2. The third kappa shape index (κ3) is 4.12. The lowest BCUT2D eigenvalue weighted by atomic mass is 9.56. The van der Waals surface area contributed by atoms with Crippen LogP contribution in [0, 0.1) is 46.8 Å². The Morgan fingerprint density at radius 3 is 2.10 bits per heavy atom. The van der Waals surface area contributed by atoms with E-state index >= 15 is 8.78 Å². The summed E-state index contributed by atoms with van der Waals surface area (Å²) in [6, 6.07) is 3.53. The number of allylic oxidation sites excluding steroid dienone is 2. The van der Waals surface area contributed by atoms with Crippen molar-refractivity contribution in [1.29, 1.82) is 0 Å². The number of alkyl halides is 2. The molecule has 5 aliphatic rings. The zero-order valence-corrected chi connectivity index (χ0v) is 26.7. The van der Waals surface area contributed by atoms with E-state index in [1.807, 2.05) is 0 Å². The van der Waals surface area contributed by atoms with E-state index in [0.29, 0.717) is 18.4 Å². The zero-order valence-electron chi connectivity index (χ0n) is 25.2. The van der Waals surface area contributed by atoms with Crippen molar-refractivity contribution in [2.24, 2.45) is 17.8 Å². The van der Waals surface area contributed by atoms with Crippen molar-refractivity contribution < 1.29 is 51.0 Å². The monoisotopic (exact) mass is 712 g/mol. The number of fused-ring (bicyclic) bond motifs is 4. The van der Waals surface area contributed by atoms with Crippen LogP contribution in [0.5, 0.6) is 11.5 Å². The van der Waals surface area contributed by atoms with Crippen LogP contribution >= 0.6 is 23.2 Å². The summed E-state index contributed by atoms with van der Waals surface area (Å²) in [4.78, 5) is 52.3. The fourth-order valence-corrected chi connectivity index (χ4v) is 9.47. The number of ether oxygens (including phenoxy) is 1. The van der Waals surface area contributed by atoms with E-state index < -0.39 is 92.3 Å². The number of imide groups is 2. The van der Waals surface area contributed by atoms with Gasteiger partial charge in [0.05, 0.1) is 18.9 Å². The molecule has 7 rings (SSSR count). The third-order valence-corrected chi connectivity index (χ3v) is 12.1. The Labute approximate surface area is 280 Å². The maximum absolute atomic E-state index is 15.2. The molecule has 3 aliphatic carbocycles. The van der Waals surface area contributed by atoms with Gasteiger partial charge in [0, 0.05) is 12.0 Å². The van der Waals surface area contributed by atoms with Gasteiger partial charge in [0.2, 0.25) is 17.6 Å². The van der Waals surface area contributed by atoms with Crippen molar-refractivity contribution in [1.82, 2.24) is 4.90 Å². The number of anilines is 1. The normalized spacial score (nSPS) is 32.0. The second-order valence-corrected chi connectivity index (χ2v) is 14.2. The minimum Gasteiger partial charge on any atom is -0.504 e. The van der Waals surface area contributed by atoms with Gasteiger partial charge in [-0.25, -0.2) is 26.9 Å². The fraction of sp³-hybridized carbons (Fsp3) is 0.455. The first kappa shape index (κ1) is 32.8. The van der Waals surface area contributed by atoms with Gasteiger partial charge in [0.15, 0.2) is 44.5 Å². The van der Waals surface area contributed by atoms with Gasteiger partial charge in [0.25, 0.3) is 11.8 Å². The first-order chi connectivity index (χ1) is 22.7. The van der Waals surface area contributed by atoms with E-state index in [9.17, 15) is 37.5 Å². The molecule has 4 fully saturated rings. The number of halogens is 7. The molecule has 0 aromatic heterocycles. The van der Waals surface area contributed by atoms with Crippen LogP contribution in [0.25, 0.3) is 0 Å². The van der Waals surface area contributed by atoms with E-state index in [2.05, 4.69) is 0 Å². The molecule has 2 saturated carbocycles. The highest BCUT2D eigenvalue weighted by Gasteiger charge is 2.77. The lowest BCUT2D eigenvalue weighted by molar-refractivity contribution is -0.143. The molecular formula is C33H27Cl2F5N2O6. The molecule has 2 heterocycles. The van der Waals surface area contributed by atoms with Crippen molar-refractivity contribution in [2.45, 2.75) is 66.7 Å². The summed E-state index contributed by atoms with van der Waals surface area (Å²) in [5, 5.41) is 10.3. The summed E-state index contributed by atoms with van der Waals surface area (Å²) in [7, 11) is 1.24. The second-order valence-electron chi connectivity index (χ2n) is 13.0. The number of benzene rings is 2. The highest BCUT2D eigenvalue weighted by molar-refractivity contribution is 6.58. The van der Waals surface area contributed by atoms with Crippen molar-refractivity contribution in [3.8, 4) is 11.5 Å². The molecular weight excluding hydrogens is 686 g/mol. The fourth-order valence-electron chi connectivity index (χ4n) is 8.54. The summed E-state index contributed by atoms with van der Waals surface area (Å²) < 4.78 is 78.4. The molecule has 4 amide bonds. The van der Waals surface area contributed by atoms with E-state index in [4.69, 9.17) is 27.9 Å². The Kier molecular flexibility index (Phi) is 7.63. The van der Waals surface area contributed by atoms with Crippen LogP contribution in [0.15, 0.2) is 29.8 Å². The number of carbonyl (C=O) groups excluding carboxylic acids is 4. The molecule has 1 N–H and O–H groups in total. The van der Waals surface area contributed by atoms with Crippen molar-refractivity contribution in [3.05, 3.63) is 64.5 Å². The lowest BCUT2D eigenvalue weighted by Gasteiger charge is -2.50. The molecule has 0 bridgehead atoms. The van der Waals surface area contributed by atoms with Gasteiger partial charge < -0.3 is 9.84 Å². The Balaban J connectivity index is 1.42. The largest absolute Gasteiger partial charge is 0.504 e. The Bertz CT molecular complexity index is 1820. The number of phenolic OH excluding ortho intramolecular Hbond substituents is 1. The Hall–Kier alpha value is -3.71. The molecule has 6 atom stereocenters. The molecule has 15 heteroatoms. The molecule has 0 spiro atoms. The molecule has 2 aromatic rings. The number of hydrogen-bond acceptors (Lipinski definition) is 6. The van der Waals surface area contributed by atoms with Gasteiger partial charge in [-0.05, 0) is 49.3 Å². The SMILES string of the molecule is COc1cc([C@H]2C3=CC[C@@H]4C(=O)N(C5CCCCC5)C(=O)[C@@H]4[C@@H]3C[C@@]3(Cl)C(=O)N(c4c(F)c(F)c(F)c(F)c4F)C(=O)[C@@]23Cl)ccc1O. The predicted octanol–water partition coefficient (Wildman–Crippen LogP) is 5.99. The van der Waals surface area contributed by atoms with E-state index in [1.54, 1.807) is 6.08 Å². The summed E-state index contributed by atoms with van der Waals surface area (Å²) in [5.41, 5.74) is -1.40. The molecule has 8 nitrogen and oxygen atoms in total. The molecule has 2 aliphatic heterocycles. The van der Waals surface area contributed by atoms with Gasteiger partial charge >= 0.3 is 0 Å². The van der Waals surface area contributed by atoms with Crippen molar-refractivity contribution >= 4 is 52.5 Å². The highest BCUT2D eigenvalue weighted by atomic mass is 35.5. The number of methoxy groups -OCH3 is 1. The Morgan fingerprint density at radius 1 is 0.854 bits per heavy atom. The van der Waals surface area contributed by atoms with Crippen LogP contribution in [0.4, 0.5) is 27.6 Å². The molecule has 2 aromatic carbocycles. The van der Waals surface area contributed by atoms with Gasteiger partial charge in [-0.3, -0.25) is 24.1 Å². The summed E-state index contributed by atoms with van der Waals surface area (Å²) in [6.45, 7) is 0. The number of phenols is 1. The second kappa shape index (κ2) is 11.2. The molecule has 0 radical (unpaired) electrons. The lowest BCUT2D eigenvalue weighted by Crippen LogP contribution is -2.60. The quantitative estimate of drug-likeness (QED) is 0.104. The maximum Gasteiger partial charge on any atom is 0.258 e. The standard InChI is InChI=1S/C33H27Cl2F5N2O6/c1-48-19-11-13(7-10-18(19)43)21-15-8-9-16-20(29(45)41(28(16)44)14-5-3-2-4-6-14)17(15)12-32(34)30(46)42(31(47)33(21,32)35)27-25(39)23(37)22(36)24(38)26(27)40/h7-8,10-11,14,16-17,20-21,43H,2-6,9,12H2,1H3/t16-,17+,20-,21-,32+,33-/m0/s1. The van der Waals surface area contributed by atoms with Crippen LogP contribution < -0.4 is 9.64 Å². The van der Waals surface area contributed by atoms with Crippen molar-refractivity contribution in [3.63, 3.8) is 0 Å². The molecule has 48 heavy (non-hydrogen) atoms. The number of likely N-dealkylation sites (tertiary alicyclic amines) is 1. The first-order valence-corrected chi connectivity index (χ1v) is 16.2. The van der Waals surface area contributed by atoms with Crippen LogP contribution in [0.2, 0.25) is 0 Å². The molecule has 254 valence electrons. The minimum atomic E-state index is -2.66. The third-order valence-electron chi connectivity index (χ3n) is 10.7. The predicted molar refractivity (Wildman–Crippen MR) is 160 cm³/mol. The average molecular weight is 713 g/mol. The van der Waals surface area contributed by atoms with E-state index in [0.717, 1.165) is 19.3 Å². The smallest absolute Gasteiger partial charge is 0.258 e. The number of carbonyl (C=O) groups is 4.